The van der Waals surface area contributed by atoms with Crippen molar-refractivity contribution in [3.63, 3.8) is 0 Å². The zero-order valence-corrected chi connectivity index (χ0v) is 10.5. The zero-order chi connectivity index (χ0) is 12.1. The first-order valence-electron chi connectivity index (χ1n) is 6.22. The summed E-state index contributed by atoms with van der Waals surface area (Å²) >= 11 is 0. The summed E-state index contributed by atoms with van der Waals surface area (Å²) in [7, 11) is 0. The van der Waals surface area contributed by atoms with Gasteiger partial charge in [0.15, 0.2) is 11.6 Å². The van der Waals surface area contributed by atoms with Gasteiger partial charge in [0.2, 0.25) is 0 Å². The van der Waals surface area contributed by atoms with Crippen molar-refractivity contribution in [2.45, 2.75) is 26.4 Å². The first kappa shape index (κ1) is 12.1. The maximum absolute atomic E-state index is 5.64. The van der Waals surface area contributed by atoms with Gasteiger partial charge in [-0.05, 0) is 20.3 Å². The predicted octanol–water partition coefficient (Wildman–Crippen LogP) is 1.52. The molecule has 0 radical (unpaired) electrons. The van der Waals surface area contributed by atoms with Crippen molar-refractivity contribution in [3.05, 3.63) is 12.4 Å². The van der Waals surface area contributed by atoms with Crippen molar-refractivity contribution in [2.24, 2.45) is 0 Å². The Kier molecular flexibility index (Phi) is 4.14. The van der Waals surface area contributed by atoms with Crippen LogP contribution in [-0.4, -0.2) is 42.3 Å². The summed E-state index contributed by atoms with van der Waals surface area (Å²) in [5, 5.41) is 3.25. The largest absolute Gasteiger partial charge is 0.377 e. The fourth-order valence-corrected chi connectivity index (χ4v) is 2.04. The lowest BCUT2D eigenvalue weighted by Gasteiger charge is -2.24. The highest BCUT2D eigenvalue weighted by Crippen LogP contribution is 2.22. The van der Waals surface area contributed by atoms with Crippen molar-refractivity contribution in [1.82, 2.24) is 9.97 Å². The van der Waals surface area contributed by atoms with Crippen LogP contribution in [0.15, 0.2) is 12.4 Å². The normalized spacial score (nSPS) is 21.1. The van der Waals surface area contributed by atoms with Gasteiger partial charge in [0, 0.05) is 38.6 Å². The number of aromatic nitrogens is 2. The molecule has 0 bridgehead atoms. The predicted molar refractivity (Wildman–Crippen MR) is 68.4 cm³/mol. The molecule has 1 aliphatic heterocycles. The van der Waals surface area contributed by atoms with E-state index in [1.54, 1.807) is 12.4 Å². The van der Waals surface area contributed by atoms with Crippen molar-refractivity contribution in [2.75, 3.05) is 36.5 Å². The van der Waals surface area contributed by atoms with Crippen molar-refractivity contribution < 1.29 is 4.74 Å². The summed E-state index contributed by atoms with van der Waals surface area (Å²) in [5.74, 6) is 1.80. The number of hydrogen-bond acceptors (Lipinski definition) is 5. The number of hydrogen-bond donors (Lipinski definition) is 1. The summed E-state index contributed by atoms with van der Waals surface area (Å²) in [6.07, 6.45) is 4.74. The molecule has 5 nitrogen and oxygen atoms in total. The highest BCUT2D eigenvalue weighted by Gasteiger charge is 2.19. The standard InChI is InChI=1S/C12H20N4O/c1-3-13-11-12(15-6-5-14-11)16-7-4-8-17-10(2)9-16/h5-6,10H,3-4,7-9H2,1-2H3,(H,13,14)/t10-/m1/s1. The van der Waals surface area contributed by atoms with Gasteiger partial charge in [0.1, 0.15) is 0 Å². The van der Waals surface area contributed by atoms with E-state index in [1.165, 1.54) is 0 Å². The second kappa shape index (κ2) is 5.82. The minimum atomic E-state index is 0.244. The maximum atomic E-state index is 5.64. The van der Waals surface area contributed by atoms with Crippen LogP contribution in [0.2, 0.25) is 0 Å². The van der Waals surface area contributed by atoms with Crippen LogP contribution in [0.25, 0.3) is 0 Å². The van der Waals surface area contributed by atoms with E-state index in [4.69, 9.17) is 4.74 Å². The molecule has 0 aromatic carbocycles. The van der Waals surface area contributed by atoms with E-state index < -0.39 is 0 Å². The zero-order valence-electron chi connectivity index (χ0n) is 10.5. The van der Waals surface area contributed by atoms with E-state index in [-0.39, 0.29) is 6.10 Å². The van der Waals surface area contributed by atoms with E-state index in [9.17, 15) is 0 Å². The van der Waals surface area contributed by atoms with Gasteiger partial charge in [-0.25, -0.2) is 9.97 Å². The Labute approximate surface area is 102 Å². The van der Waals surface area contributed by atoms with E-state index in [0.717, 1.165) is 44.3 Å². The fraction of sp³-hybridized carbons (Fsp3) is 0.667. The smallest absolute Gasteiger partial charge is 0.171 e. The summed E-state index contributed by atoms with van der Waals surface area (Å²) in [4.78, 5) is 11.0. The number of rotatable bonds is 3. The molecule has 17 heavy (non-hydrogen) atoms. The number of nitrogens with zero attached hydrogens (tertiary/aromatic N) is 3. The van der Waals surface area contributed by atoms with E-state index >= 15 is 0 Å². The van der Waals surface area contributed by atoms with E-state index in [1.807, 2.05) is 0 Å². The molecule has 0 unspecified atom stereocenters. The summed E-state index contributed by atoms with van der Waals surface area (Å²) in [6, 6.07) is 0. The Morgan fingerprint density at radius 2 is 2.29 bits per heavy atom. The van der Waals surface area contributed by atoms with Gasteiger partial charge < -0.3 is 15.0 Å². The summed E-state index contributed by atoms with van der Waals surface area (Å²) < 4.78 is 5.64. The molecule has 5 heteroatoms. The van der Waals surface area contributed by atoms with Crippen LogP contribution in [0.3, 0.4) is 0 Å². The van der Waals surface area contributed by atoms with Crippen molar-refractivity contribution in [1.29, 1.82) is 0 Å². The van der Waals surface area contributed by atoms with Gasteiger partial charge in [-0.2, -0.15) is 0 Å². The summed E-state index contributed by atoms with van der Waals surface area (Å²) in [6.45, 7) is 7.69. The van der Waals surface area contributed by atoms with Crippen molar-refractivity contribution >= 4 is 11.6 Å². The fourth-order valence-electron chi connectivity index (χ4n) is 2.04. The monoisotopic (exact) mass is 236 g/mol. The van der Waals surface area contributed by atoms with Gasteiger partial charge >= 0.3 is 0 Å². The Bertz CT molecular complexity index is 358. The third-order valence-corrected chi connectivity index (χ3v) is 2.77. The molecule has 1 aromatic rings. The Balaban J connectivity index is 2.19. The average Bonchev–Trinajstić information content (AvgIpc) is 2.55. The molecule has 0 aliphatic carbocycles. The second-order valence-corrected chi connectivity index (χ2v) is 4.24. The molecule has 1 atom stereocenters. The SMILES string of the molecule is CCNc1nccnc1N1CCCO[C@H](C)C1. The van der Waals surface area contributed by atoms with Crippen LogP contribution in [-0.2, 0) is 4.74 Å². The van der Waals surface area contributed by atoms with Crippen LogP contribution in [0.1, 0.15) is 20.3 Å². The van der Waals surface area contributed by atoms with Crippen LogP contribution in [0.4, 0.5) is 11.6 Å². The van der Waals surface area contributed by atoms with E-state index in [2.05, 4.69) is 34.0 Å². The Morgan fingerprint density at radius 3 is 3.12 bits per heavy atom. The third-order valence-electron chi connectivity index (χ3n) is 2.77. The molecule has 1 fully saturated rings. The topological polar surface area (TPSA) is 50.3 Å². The molecule has 2 rings (SSSR count). The first-order chi connectivity index (χ1) is 8.31. The lowest BCUT2D eigenvalue weighted by molar-refractivity contribution is 0.0820. The third kappa shape index (κ3) is 3.06. The molecular weight excluding hydrogens is 216 g/mol. The molecule has 1 aliphatic rings. The van der Waals surface area contributed by atoms with Crippen molar-refractivity contribution in [3.8, 4) is 0 Å². The molecule has 94 valence electrons. The highest BCUT2D eigenvalue weighted by atomic mass is 16.5. The van der Waals surface area contributed by atoms with Gasteiger partial charge in [-0.3, -0.25) is 0 Å². The van der Waals surface area contributed by atoms with E-state index in [0.29, 0.717) is 0 Å². The van der Waals surface area contributed by atoms with Gasteiger partial charge in [0.05, 0.1) is 6.10 Å². The van der Waals surface area contributed by atoms with Crippen LogP contribution < -0.4 is 10.2 Å². The molecule has 1 N–H and O–H groups in total. The average molecular weight is 236 g/mol. The molecule has 0 spiro atoms. The van der Waals surface area contributed by atoms with Crippen LogP contribution >= 0.6 is 0 Å². The number of ether oxygens (including phenoxy) is 1. The molecule has 1 aromatic heterocycles. The molecule has 2 heterocycles. The molecular formula is C12H20N4O. The minimum Gasteiger partial charge on any atom is -0.377 e. The minimum absolute atomic E-state index is 0.244. The van der Waals surface area contributed by atoms with Gasteiger partial charge in [0.25, 0.3) is 0 Å². The summed E-state index contributed by atoms with van der Waals surface area (Å²) in [5.41, 5.74) is 0. The first-order valence-corrected chi connectivity index (χ1v) is 6.22. The second-order valence-electron chi connectivity index (χ2n) is 4.24. The highest BCUT2D eigenvalue weighted by molar-refractivity contribution is 5.60. The lowest BCUT2D eigenvalue weighted by atomic mass is 10.3. The van der Waals surface area contributed by atoms with Gasteiger partial charge in [-0.1, -0.05) is 0 Å². The lowest BCUT2D eigenvalue weighted by Crippen LogP contribution is -2.31. The molecule has 0 amide bonds. The number of anilines is 2. The maximum Gasteiger partial charge on any atom is 0.171 e. The number of nitrogens with one attached hydrogen (secondary N) is 1. The molecule has 1 saturated heterocycles. The Morgan fingerprint density at radius 1 is 1.47 bits per heavy atom. The Hall–Kier alpha value is -1.36. The van der Waals surface area contributed by atoms with Gasteiger partial charge in [-0.15, -0.1) is 0 Å². The van der Waals surface area contributed by atoms with Crippen LogP contribution in [0.5, 0.6) is 0 Å². The molecule has 0 saturated carbocycles. The van der Waals surface area contributed by atoms with Crippen LogP contribution in [0, 0.1) is 0 Å². The quantitative estimate of drug-likeness (QED) is 0.862.